The van der Waals surface area contributed by atoms with Gasteiger partial charge in [-0.05, 0) is 31.5 Å². The van der Waals surface area contributed by atoms with Crippen LogP contribution in [0.1, 0.15) is 12.5 Å². The van der Waals surface area contributed by atoms with E-state index >= 15 is 0 Å². The molecule has 0 unspecified atom stereocenters. The van der Waals surface area contributed by atoms with Crippen LogP contribution in [-0.2, 0) is 11.8 Å². The lowest BCUT2D eigenvalue weighted by atomic mass is 10.2. The molecule has 4 nitrogen and oxygen atoms in total. The molecule has 0 spiro atoms. The third kappa shape index (κ3) is 3.61. The lowest BCUT2D eigenvalue weighted by molar-refractivity contribution is -0.115. The predicted octanol–water partition coefficient (Wildman–Crippen LogP) is 2.85. The molecule has 0 aliphatic rings. The average molecular weight is 275 g/mol. The van der Waals surface area contributed by atoms with E-state index in [-0.39, 0.29) is 11.2 Å². The minimum Gasteiger partial charge on any atom is -0.329 e. The number of nitrogens with one attached hydrogen (secondary N) is 1. The van der Waals surface area contributed by atoms with Gasteiger partial charge in [0.2, 0.25) is 5.91 Å². The monoisotopic (exact) mass is 275 g/mol. The van der Waals surface area contributed by atoms with Crippen LogP contribution in [0.2, 0.25) is 0 Å². The molecule has 5 heteroatoms. The highest BCUT2D eigenvalue weighted by Crippen LogP contribution is 2.22. The lowest BCUT2D eigenvalue weighted by Crippen LogP contribution is -2.22. The quantitative estimate of drug-likeness (QED) is 0.873. The summed E-state index contributed by atoms with van der Waals surface area (Å²) in [6.45, 7) is 3.88. The van der Waals surface area contributed by atoms with Crippen molar-refractivity contribution in [3.05, 3.63) is 42.2 Å². The summed E-state index contributed by atoms with van der Waals surface area (Å²) in [4.78, 5) is 16.3. The van der Waals surface area contributed by atoms with E-state index in [1.807, 2.05) is 55.9 Å². The number of rotatable bonds is 4. The zero-order valence-electron chi connectivity index (χ0n) is 11.3. The normalized spacial score (nSPS) is 12.2. The maximum atomic E-state index is 12.1. The Labute approximate surface area is 117 Å². The molecule has 1 atom stereocenters. The number of hydrogen-bond donors (Lipinski definition) is 1. The summed E-state index contributed by atoms with van der Waals surface area (Å²) in [5, 5.41) is 3.56. The minimum absolute atomic E-state index is 0.0152. The van der Waals surface area contributed by atoms with Crippen LogP contribution in [0.3, 0.4) is 0 Å². The molecular weight excluding hydrogens is 258 g/mol. The SMILES string of the molecule is Cc1cccc(NC(=O)[C@@H](C)Sc2nccn2C)c1. The van der Waals surface area contributed by atoms with Crippen LogP contribution in [0.25, 0.3) is 0 Å². The lowest BCUT2D eigenvalue weighted by Gasteiger charge is -2.12. The highest BCUT2D eigenvalue weighted by Gasteiger charge is 2.16. The van der Waals surface area contributed by atoms with Gasteiger partial charge in [-0.1, -0.05) is 23.9 Å². The highest BCUT2D eigenvalue weighted by molar-refractivity contribution is 8.00. The number of imidazole rings is 1. The van der Waals surface area contributed by atoms with Crippen LogP contribution in [-0.4, -0.2) is 20.7 Å². The molecule has 0 bridgehead atoms. The van der Waals surface area contributed by atoms with Gasteiger partial charge in [-0.2, -0.15) is 0 Å². The largest absolute Gasteiger partial charge is 0.329 e. The van der Waals surface area contributed by atoms with E-state index in [1.165, 1.54) is 11.8 Å². The molecule has 1 amide bonds. The summed E-state index contributed by atoms with van der Waals surface area (Å²) in [6.07, 6.45) is 3.60. The first kappa shape index (κ1) is 13.7. The van der Waals surface area contributed by atoms with E-state index in [4.69, 9.17) is 0 Å². The number of aryl methyl sites for hydroxylation is 2. The first-order chi connectivity index (χ1) is 9.06. The van der Waals surface area contributed by atoms with E-state index in [1.54, 1.807) is 6.20 Å². The van der Waals surface area contributed by atoms with E-state index in [9.17, 15) is 4.79 Å². The van der Waals surface area contributed by atoms with Crippen molar-refractivity contribution in [2.24, 2.45) is 7.05 Å². The molecule has 0 aliphatic heterocycles. The number of amides is 1. The Morgan fingerprint density at radius 3 is 2.89 bits per heavy atom. The van der Waals surface area contributed by atoms with Gasteiger partial charge < -0.3 is 9.88 Å². The summed E-state index contributed by atoms with van der Waals surface area (Å²) >= 11 is 1.45. The summed E-state index contributed by atoms with van der Waals surface area (Å²) in [7, 11) is 1.92. The first-order valence-corrected chi connectivity index (χ1v) is 6.96. The van der Waals surface area contributed by atoms with Crippen LogP contribution < -0.4 is 5.32 Å². The zero-order chi connectivity index (χ0) is 13.8. The number of aromatic nitrogens is 2. The number of benzene rings is 1. The second kappa shape index (κ2) is 5.93. The molecule has 2 aromatic rings. The molecule has 0 aliphatic carbocycles. The van der Waals surface area contributed by atoms with Gasteiger partial charge in [0.1, 0.15) is 0 Å². The second-order valence-electron chi connectivity index (χ2n) is 4.44. The maximum Gasteiger partial charge on any atom is 0.237 e. The van der Waals surface area contributed by atoms with Gasteiger partial charge in [-0.25, -0.2) is 4.98 Å². The number of thioether (sulfide) groups is 1. The van der Waals surface area contributed by atoms with Crippen LogP contribution in [0, 0.1) is 6.92 Å². The molecule has 100 valence electrons. The van der Waals surface area contributed by atoms with Crippen molar-refractivity contribution in [2.45, 2.75) is 24.3 Å². The van der Waals surface area contributed by atoms with Crippen molar-refractivity contribution < 1.29 is 4.79 Å². The Balaban J connectivity index is 1.98. The molecule has 0 saturated heterocycles. The van der Waals surface area contributed by atoms with E-state index in [0.29, 0.717) is 0 Å². The van der Waals surface area contributed by atoms with E-state index in [2.05, 4.69) is 10.3 Å². The molecule has 1 N–H and O–H groups in total. The fourth-order valence-electron chi connectivity index (χ4n) is 1.64. The van der Waals surface area contributed by atoms with Gasteiger partial charge in [0.05, 0.1) is 5.25 Å². The van der Waals surface area contributed by atoms with E-state index in [0.717, 1.165) is 16.4 Å². The topological polar surface area (TPSA) is 46.9 Å². The van der Waals surface area contributed by atoms with Gasteiger partial charge in [-0.3, -0.25) is 4.79 Å². The Bertz CT molecular complexity index is 580. The first-order valence-electron chi connectivity index (χ1n) is 6.08. The van der Waals surface area contributed by atoms with Gasteiger partial charge in [-0.15, -0.1) is 0 Å². The molecule has 1 heterocycles. The summed E-state index contributed by atoms with van der Waals surface area (Å²) in [5.41, 5.74) is 1.96. The third-order valence-electron chi connectivity index (χ3n) is 2.71. The molecule has 0 saturated carbocycles. The maximum absolute atomic E-state index is 12.1. The Morgan fingerprint density at radius 1 is 1.47 bits per heavy atom. The van der Waals surface area contributed by atoms with Crippen LogP contribution in [0.5, 0.6) is 0 Å². The highest BCUT2D eigenvalue weighted by atomic mass is 32.2. The van der Waals surface area contributed by atoms with Crippen LogP contribution in [0.4, 0.5) is 5.69 Å². The average Bonchev–Trinajstić information content (AvgIpc) is 2.75. The summed E-state index contributed by atoms with van der Waals surface area (Å²) in [5.74, 6) is -0.0152. The second-order valence-corrected chi connectivity index (χ2v) is 5.75. The van der Waals surface area contributed by atoms with Crippen molar-refractivity contribution in [2.75, 3.05) is 5.32 Å². The number of carbonyl (C=O) groups is 1. The zero-order valence-corrected chi connectivity index (χ0v) is 12.1. The van der Waals surface area contributed by atoms with Crippen molar-refractivity contribution in [1.82, 2.24) is 9.55 Å². The summed E-state index contributed by atoms with van der Waals surface area (Å²) in [6, 6.07) is 7.78. The third-order valence-corrected chi connectivity index (χ3v) is 3.89. The number of nitrogens with zero attached hydrogens (tertiary/aromatic N) is 2. The Morgan fingerprint density at radius 2 is 2.26 bits per heavy atom. The molecule has 1 aromatic heterocycles. The van der Waals surface area contributed by atoms with Crippen molar-refractivity contribution in [3.8, 4) is 0 Å². The van der Waals surface area contributed by atoms with Crippen molar-refractivity contribution >= 4 is 23.4 Å². The smallest absolute Gasteiger partial charge is 0.237 e. The van der Waals surface area contributed by atoms with Gasteiger partial charge in [0, 0.05) is 25.1 Å². The number of hydrogen-bond acceptors (Lipinski definition) is 3. The fourth-order valence-corrected chi connectivity index (χ4v) is 2.47. The predicted molar refractivity (Wildman–Crippen MR) is 78.3 cm³/mol. The van der Waals surface area contributed by atoms with Gasteiger partial charge in [0.15, 0.2) is 5.16 Å². The number of anilines is 1. The Hall–Kier alpha value is -1.75. The summed E-state index contributed by atoms with van der Waals surface area (Å²) < 4.78 is 1.90. The molecule has 0 fully saturated rings. The molecule has 19 heavy (non-hydrogen) atoms. The minimum atomic E-state index is -0.193. The fraction of sp³-hybridized carbons (Fsp3) is 0.286. The van der Waals surface area contributed by atoms with Gasteiger partial charge >= 0.3 is 0 Å². The van der Waals surface area contributed by atoms with E-state index < -0.39 is 0 Å². The van der Waals surface area contributed by atoms with Crippen molar-refractivity contribution in [1.29, 1.82) is 0 Å². The van der Waals surface area contributed by atoms with Crippen LogP contribution >= 0.6 is 11.8 Å². The van der Waals surface area contributed by atoms with Crippen LogP contribution in [0.15, 0.2) is 41.8 Å². The molecule has 1 aromatic carbocycles. The molecular formula is C14H17N3OS. The molecule has 0 radical (unpaired) electrons. The number of carbonyl (C=O) groups excluding carboxylic acids is 1. The molecule has 2 rings (SSSR count). The van der Waals surface area contributed by atoms with Gasteiger partial charge in [0.25, 0.3) is 0 Å². The standard InChI is InChI=1S/C14H17N3OS/c1-10-5-4-6-12(9-10)16-13(18)11(2)19-14-15-7-8-17(14)3/h4-9,11H,1-3H3,(H,16,18)/t11-/m1/s1. The Kier molecular flexibility index (Phi) is 4.27. The van der Waals surface area contributed by atoms with Crippen molar-refractivity contribution in [3.63, 3.8) is 0 Å².